The fourth-order valence-corrected chi connectivity index (χ4v) is 2.53. The number of fused-ring (bicyclic) bond motifs is 1. The first kappa shape index (κ1) is 8.70. The van der Waals surface area contributed by atoms with E-state index < -0.39 is 0 Å². The van der Waals surface area contributed by atoms with Gasteiger partial charge in [-0.15, -0.1) is 0 Å². The third-order valence-corrected chi connectivity index (χ3v) is 3.37. The fourth-order valence-electron chi connectivity index (χ4n) is 1.59. The highest BCUT2D eigenvalue weighted by atomic mass is 127. The van der Waals surface area contributed by atoms with Crippen LogP contribution in [0.5, 0.6) is 0 Å². The second kappa shape index (κ2) is 3.11. The third-order valence-electron chi connectivity index (χ3n) is 2.25. The highest BCUT2D eigenvalue weighted by Gasteiger charge is 2.23. The summed E-state index contributed by atoms with van der Waals surface area (Å²) in [5.41, 5.74) is 2.47. The Morgan fingerprint density at radius 3 is 2.85 bits per heavy atom. The summed E-state index contributed by atoms with van der Waals surface area (Å²) in [6, 6.07) is 5.77. The molecule has 0 unspecified atom stereocenters. The summed E-state index contributed by atoms with van der Waals surface area (Å²) < 4.78 is 0.820. The molecule has 3 heteroatoms. The van der Waals surface area contributed by atoms with Gasteiger partial charge < -0.3 is 0 Å². The van der Waals surface area contributed by atoms with Gasteiger partial charge in [-0.1, -0.05) is 6.07 Å². The van der Waals surface area contributed by atoms with Crippen LogP contribution in [-0.2, 0) is 6.42 Å². The van der Waals surface area contributed by atoms with E-state index in [1.165, 1.54) is 0 Å². The van der Waals surface area contributed by atoms with Crippen LogP contribution in [0.2, 0.25) is 0 Å². The molecule has 0 amide bonds. The standard InChI is InChI=1S/C10H6INO/c11-10-7(5-12)2-1-6-3-4-8(13)9(6)10/h1-2H,3-4H2. The number of carbonyl (C=O) groups is 1. The van der Waals surface area contributed by atoms with Gasteiger partial charge in [-0.2, -0.15) is 5.26 Å². The molecular formula is C10H6INO. The van der Waals surface area contributed by atoms with Crippen molar-refractivity contribution in [3.8, 4) is 6.07 Å². The van der Waals surface area contributed by atoms with E-state index in [0.717, 1.165) is 21.1 Å². The Bertz CT molecular complexity index is 431. The Balaban J connectivity index is 2.71. The largest absolute Gasteiger partial charge is 0.294 e. The summed E-state index contributed by atoms with van der Waals surface area (Å²) in [6.07, 6.45) is 1.43. The lowest BCUT2D eigenvalue weighted by Gasteiger charge is -2.01. The van der Waals surface area contributed by atoms with Crippen LogP contribution in [0, 0.1) is 14.9 Å². The molecule has 2 nitrogen and oxygen atoms in total. The number of hydrogen-bond acceptors (Lipinski definition) is 2. The van der Waals surface area contributed by atoms with Gasteiger partial charge in [-0.25, -0.2) is 0 Å². The molecule has 13 heavy (non-hydrogen) atoms. The normalized spacial score (nSPS) is 14.0. The van der Waals surface area contributed by atoms with Gasteiger partial charge >= 0.3 is 0 Å². The number of nitriles is 1. The van der Waals surface area contributed by atoms with Crippen molar-refractivity contribution in [1.29, 1.82) is 5.26 Å². The van der Waals surface area contributed by atoms with Crippen molar-refractivity contribution in [2.75, 3.05) is 0 Å². The number of carbonyl (C=O) groups excluding carboxylic acids is 1. The molecule has 1 aliphatic carbocycles. The molecule has 0 fully saturated rings. The van der Waals surface area contributed by atoms with E-state index in [4.69, 9.17) is 5.26 Å². The van der Waals surface area contributed by atoms with Gasteiger partial charge in [0.25, 0.3) is 0 Å². The lowest BCUT2D eigenvalue weighted by molar-refractivity contribution is 0.0994. The first-order valence-corrected chi connectivity index (χ1v) is 5.06. The second-order valence-electron chi connectivity index (χ2n) is 3.00. The quantitative estimate of drug-likeness (QED) is 0.685. The lowest BCUT2D eigenvalue weighted by atomic mass is 10.1. The molecular weight excluding hydrogens is 277 g/mol. The van der Waals surface area contributed by atoms with Crippen molar-refractivity contribution < 1.29 is 4.79 Å². The minimum Gasteiger partial charge on any atom is -0.294 e. The first-order valence-electron chi connectivity index (χ1n) is 3.98. The summed E-state index contributed by atoms with van der Waals surface area (Å²) >= 11 is 2.08. The van der Waals surface area contributed by atoms with Gasteiger partial charge in [-0.05, 0) is 40.6 Å². The van der Waals surface area contributed by atoms with E-state index in [2.05, 4.69) is 28.7 Å². The van der Waals surface area contributed by atoms with E-state index in [-0.39, 0.29) is 5.78 Å². The van der Waals surface area contributed by atoms with Crippen molar-refractivity contribution in [1.82, 2.24) is 0 Å². The molecule has 0 atom stereocenters. The number of aryl methyl sites for hydroxylation is 1. The molecule has 0 saturated heterocycles. The minimum absolute atomic E-state index is 0.177. The zero-order valence-corrected chi connectivity index (χ0v) is 8.96. The molecule has 0 radical (unpaired) electrons. The molecule has 1 aromatic rings. The molecule has 1 aromatic carbocycles. The predicted molar refractivity (Wildman–Crippen MR) is 56.5 cm³/mol. The van der Waals surface area contributed by atoms with E-state index in [0.29, 0.717) is 12.0 Å². The van der Waals surface area contributed by atoms with Crippen molar-refractivity contribution in [3.05, 3.63) is 32.4 Å². The summed E-state index contributed by atoms with van der Waals surface area (Å²) in [7, 11) is 0. The molecule has 1 aliphatic rings. The first-order chi connectivity index (χ1) is 6.24. The highest BCUT2D eigenvalue weighted by Crippen LogP contribution is 2.28. The molecule has 0 aromatic heterocycles. The summed E-state index contributed by atoms with van der Waals surface area (Å²) in [5, 5.41) is 8.77. The van der Waals surface area contributed by atoms with Crippen LogP contribution >= 0.6 is 22.6 Å². The number of ketones is 1. The smallest absolute Gasteiger partial charge is 0.164 e. The molecule has 0 saturated carbocycles. The van der Waals surface area contributed by atoms with Crippen molar-refractivity contribution >= 4 is 28.4 Å². The number of hydrogen-bond donors (Lipinski definition) is 0. The molecule has 0 N–H and O–H groups in total. The van der Waals surface area contributed by atoms with Gasteiger partial charge in [0.2, 0.25) is 0 Å². The van der Waals surface area contributed by atoms with Crippen molar-refractivity contribution in [2.24, 2.45) is 0 Å². The van der Waals surface area contributed by atoms with E-state index in [1.807, 2.05) is 6.07 Å². The van der Waals surface area contributed by atoms with E-state index in [9.17, 15) is 4.79 Å². The topological polar surface area (TPSA) is 40.9 Å². The average Bonchev–Trinajstić information content (AvgIpc) is 2.49. The summed E-state index contributed by atoms with van der Waals surface area (Å²) in [5.74, 6) is 0.177. The molecule has 0 heterocycles. The van der Waals surface area contributed by atoms with Crippen molar-refractivity contribution in [3.63, 3.8) is 0 Å². The Hall–Kier alpha value is -0.890. The highest BCUT2D eigenvalue weighted by molar-refractivity contribution is 14.1. The number of benzene rings is 1. The molecule has 2 rings (SSSR count). The predicted octanol–water partition coefficient (Wildman–Crippen LogP) is 2.29. The number of nitrogens with zero attached hydrogens (tertiary/aromatic N) is 1. The van der Waals surface area contributed by atoms with Crippen LogP contribution in [0.3, 0.4) is 0 Å². The fraction of sp³-hybridized carbons (Fsp3) is 0.200. The van der Waals surface area contributed by atoms with Gasteiger partial charge in [0.05, 0.1) is 5.56 Å². The van der Waals surface area contributed by atoms with Crippen molar-refractivity contribution in [2.45, 2.75) is 12.8 Å². The Labute approximate surface area is 89.7 Å². The number of halogens is 1. The van der Waals surface area contributed by atoms with Crippen LogP contribution in [0.25, 0.3) is 0 Å². The average molecular weight is 283 g/mol. The molecule has 64 valence electrons. The summed E-state index contributed by atoms with van der Waals surface area (Å²) in [6.45, 7) is 0. The van der Waals surface area contributed by atoms with E-state index >= 15 is 0 Å². The molecule has 0 aliphatic heterocycles. The third kappa shape index (κ3) is 1.25. The van der Waals surface area contributed by atoms with Gasteiger partial charge in [0.15, 0.2) is 5.78 Å². The zero-order chi connectivity index (χ0) is 9.42. The SMILES string of the molecule is N#Cc1ccc2c(c1I)C(=O)CC2. The number of Topliss-reactive ketones (excluding diaryl/α,β-unsaturated/α-hetero) is 1. The Morgan fingerprint density at radius 2 is 2.15 bits per heavy atom. The minimum atomic E-state index is 0.177. The lowest BCUT2D eigenvalue weighted by Crippen LogP contribution is -1.97. The van der Waals surface area contributed by atoms with Crippen LogP contribution in [0.1, 0.15) is 27.9 Å². The molecule has 0 bridgehead atoms. The molecule has 0 spiro atoms. The Morgan fingerprint density at radius 1 is 1.38 bits per heavy atom. The van der Waals surface area contributed by atoms with Gasteiger partial charge in [0.1, 0.15) is 6.07 Å². The number of rotatable bonds is 0. The second-order valence-corrected chi connectivity index (χ2v) is 4.07. The van der Waals surface area contributed by atoms with Crippen LogP contribution < -0.4 is 0 Å². The van der Waals surface area contributed by atoms with Gasteiger partial charge in [-0.3, -0.25) is 4.79 Å². The van der Waals surface area contributed by atoms with Gasteiger partial charge in [0, 0.05) is 15.6 Å². The maximum absolute atomic E-state index is 11.4. The maximum atomic E-state index is 11.4. The Kier molecular flexibility index (Phi) is 2.08. The van der Waals surface area contributed by atoms with Crippen LogP contribution in [0.4, 0.5) is 0 Å². The van der Waals surface area contributed by atoms with Crippen LogP contribution in [-0.4, -0.2) is 5.78 Å². The van der Waals surface area contributed by atoms with E-state index in [1.54, 1.807) is 6.07 Å². The summed E-state index contributed by atoms with van der Waals surface area (Å²) in [4.78, 5) is 11.4. The zero-order valence-electron chi connectivity index (χ0n) is 6.80. The maximum Gasteiger partial charge on any atom is 0.164 e. The monoisotopic (exact) mass is 283 g/mol. The van der Waals surface area contributed by atoms with Crippen LogP contribution in [0.15, 0.2) is 12.1 Å².